The predicted molar refractivity (Wildman–Crippen MR) is 56.5 cm³/mol. The molecule has 0 aromatic carbocycles. The molecule has 0 aromatic heterocycles. The first-order valence-electron chi connectivity index (χ1n) is 6.14. The van der Waals surface area contributed by atoms with Gasteiger partial charge in [-0.15, -0.1) is 0 Å². The molecule has 0 heterocycles. The van der Waals surface area contributed by atoms with Crippen molar-refractivity contribution < 1.29 is 14.3 Å². The number of nitrogens with two attached hydrogens (primary N) is 1. The molecule has 4 heteroatoms. The van der Waals surface area contributed by atoms with Crippen molar-refractivity contribution >= 4 is 5.97 Å². The van der Waals surface area contributed by atoms with Crippen LogP contribution in [0.5, 0.6) is 0 Å². The van der Waals surface area contributed by atoms with E-state index in [1.165, 1.54) is 0 Å². The maximum Gasteiger partial charge on any atom is 0.303 e. The first kappa shape index (κ1) is 10.5. The lowest BCUT2D eigenvalue weighted by molar-refractivity contribution is -0.205. The van der Waals surface area contributed by atoms with Crippen molar-refractivity contribution in [3.8, 4) is 0 Å². The number of carboxylic acid groups (broad SMARTS) is 1. The highest BCUT2D eigenvalue weighted by Gasteiger charge is 2.75. The lowest BCUT2D eigenvalue weighted by Crippen LogP contribution is -2.68. The number of carboxylic acids is 1. The molecular formula is C12H18FNO2. The standard InChI is InChI=1S/C12H18FNO2/c13-12-4-7-1-2-8(12)11(6-14,5-10(15)16)9(12)3-7/h7-9H,1-6,14H2,(H,15,16)/t7-,8?,9-,11+,12-/m1/s1. The molecule has 3 aliphatic carbocycles. The molecule has 0 aromatic rings. The number of alkyl halides is 1. The van der Waals surface area contributed by atoms with Gasteiger partial charge in [-0.2, -0.15) is 0 Å². The molecule has 3 rings (SSSR count). The number of fused-ring (bicyclic) bond motifs is 1. The molecule has 2 bridgehead atoms. The minimum absolute atomic E-state index is 0.0528. The SMILES string of the molecule is NC[C@@]1(CC(=O)O)C2CC[C@@H]3C[C@H]1[C@@]2(F)C3. The molecule has 5 atom stereocenters. The fraction of sp³-hybridized carbons (Fsp3) is 0.917. The van der Waals surface area contributed by atoms with Gasteiger partial charge in [0.05, 0.1) is 6.42 Å². The van der Waals surface area contributed by atoms with Crippen LogP contribution in [-0.4, -0.2) is 23.3 Å². The van der Waals surface area contributed by atoms with Gasteiger partial charge in [-0.05, 0) is 38.1 Å². The van der Waals surface area contributed by atoms with E-state index in [0.717, 1.165) is 19.3 Å². The van der Waals surface area contributed by atoms with Gasteiger partial charge in [0.25, 0.3) is 0 Å². The molecule has 0 amide bonds. The van der Waals surface area contributed by atoms with Crippen LogP contribution < -0.4 is 5.73 Å². The summed E-state index contributed by atoms with van der Waals surface area (Å²) in [4.78, 5) is 11.0. The first-order chi connectivity index (χ1) is 7.53. The normalized spacial score (nSPS) is 53.5. The number of rotatable bonds is 3. The molecule has 16 heavy (non-hydrogen) atoms. The van der Waals surface area contributed by atoms with E-state index in [4.69, 9.17) is 10.8 Å². The van der Waals surface area contributed by atoms with Crippen LogP contribution >= 0.6 is 0 Å². The van der Waals surface area contributed by atoms with Crippen LogP contribution in [0.4, 0.5) is 4.39 Å². The van der Waals surface area contributed by atoms with Crippen molar-refractivity contribution in [2.24, 2.45) is 28.9 Å². The van der Waals surface area contributed by atoms with Gasteiger partial charge in [0.2, 0.25) is 0 Å². The van der Waals surface area contributed by atoms with Gasteiger partial charge in [0.15, 0.2) is 0 Å². The number of carbonyl (C=O) groups is 1. The quantitative estimate of drug-likeness (QED) is 0.769. The molecule has 3 N–H and O–H groups in total. The third kappa shape index (κ3) is 0.992. The Labute approximate surface area is 94.2 Å². The molecule has 3 fully saturated rings. The lowest BCUT2D eigenvalue weighted by Gasteiger charge is -2.62. The second-order valence-corrected chi connectivity index (χ2v) is 5.92. The molecule has 1 unspecified atom stereocenters. The molecule has 3 aliphatic rings. The van der Waals surface area contributed by atoms with Gasteiger partial charge in [-0.3, -0.25) is 4.79 Å². The third-order valence-electron chi connectivity index (χ3n) is 5.44. The summed E-state index contributed by atoms with van der Waals surface area (Å²) in [5.41, 5.74) is 4.28. The van der Waals surface area contributed by atoms with E-state index in [2.05, 4.69) is 0 Å². The van der Waals surface area contributed by atoms with Gasteiger partial charge in [-0.1, -0.05) is 0 Å². The fourth-order valence-corrected chi connectivity index (χ4v) is 4.95. The van der Waals surface area contributed by atoms with E-state index >= 15 is 0 Å². The molecule has 0 radical (unpaired) electrons. The summed E-state index contributed by atoms with van der Waals surface area (Å²) in [7, 11) is 0. The number of hydrogen-bond donors (Lipinski definition) is 2. The highest BCUT2D eigenvalue weighted by molar-refractivity contribution is 5.68. The topological polar surface area (TPSA) is 63.3 Å². The average Bonchev–Trinajstić information content (AvgIpc) is 2.35. The van der Waals surface area contributed by atoms with Gasteiger partial charge < -0.3 is 10.8 Å². The Morgan fingerprint density at radius 2 is 2.19 bits per heavy atom. The molecule has 0 spiro atoms. The average molecular weight is 227 g/mol. The largest absolute Gasteiger partial charge is 0.481 e. The summed E-state index contributed by atoms with van der Waals surface area (Å²) >= 11 is 0. The van der Waals surface area contributed by atoms with Crippen molar-refractivity contribution in [3.63, 3.8) is 0 Å². The van der Waals surface area contributed by atoms with Gasteiger partial charge in [0.1, 0.15) is 5.67 Å². The van der Waals surface area contributed by atoms with Crippen LogP contribution in [0.25, 0.3) is 0 Å². The Kier molecular flexibility index (Phi) is 1.95. The van der Waals surface area contributed by atoms with Crippen molar-refractivity contribution in [1.82, 2.24) is 0 Å². The molecule has 3 saturated carbocycles. The molecular weight excluding hydrogens is 209 g/mol. The highest BCUT2D eigenvalue weighted by Crippen LogP contribution is 2.74. The third-order valence-corrected chi connectivity index (χ3v) is 5.44. The second-order valence-electron chi connectivity index (χ2n) is 5.92. The first-order valence-corrected chi connectivity index (χ1v) is 6.14. The van der Waals surface area contributed by atoms with E-state index in [-0.39, 0.29) is 18.3 Å². The summed E-state index contributed by atoms with van der Waals surface area (Å²) in [5, 5.41) is 9.00. The van der Waals surface area contributed by atoms with E-state index in [0.29, 0.717) is 18.9 Å². The molecule has 0 saturated heterocycles. The zero-order valence-electron chi connectivity index (χ0n) is 9.29. The maximum absolute atomic E-state index is 14.7. The van der Waals surface area contributed by atoms with E-state index in [9.17, 15) is 9.18 Å². The Bertz CT molecular complexity index is 338. The van der Waals surface area contributed by atoms with Crippen molar-refractivity contribution in [2.75, 3.05) is 6.54 Å². The molecule has 0 aliphatic heterocycles. The summed E-state index contributed by atoms with van der Waals surface area (Å²) < 4.78 is 14.7. The van der Waals surface area contributed by atoms with E-state index in [1.54, 1.807) is 0 Å². The minimum Gasteiger partial charge on any atom is -0.481 e. The van der Waals surface area contributed by atoms with Crippen LogP contribution in [0.1, 0.15) is 32.1 Å². The summed E-state index contributed by atoms with van der Waals surface area (Å²) in [6.07, 6.45) is 3.47. The van der Waals surface area contributed by atoms with E-state index in [1.807, 2.05) is 0 Å². The lowest BCUT2D eigenvalue weighted by atomic mass is 9.43. The monoisotopic (exact) mass is 227 g/mol. The Morgan fingerprint density at radius 3 is 2.81 bits per heavy atom. The highest BCUT2D eigenvalue weighted by atomic mass is 19.1. The Hall–Kier alpha value is -0.640. The minimum atomic E-state index is -1.07. The number of hydrogen-bond acceptors (Lipinski definition) is 2. The van der Waals surface area contributed by atoms with Crippen LogP contribution in [0.15, 0.2) is 0 Å². The summed E-state index contributed by atoms with van der Waals surface area (Å²) in [5.74, 6) is -0.528. The molecule has 3 nitrogen and oxygen atoms in total. The van der Waals surface area contributed by atoms with Gasteiger partial charge in [-0.25, -0.2) is 4.39 Å². The van der Waals surface area contributed by atoms with Gasteiger partial charge in [0, 0.05) is 17.3 Å². The summed E-state index contributed by atoms with van der Waals surface area (Å²) in [6, 6.07) is 0. The number of aliphatic carboxylic acids is 1. The van der Waals surface area contributed by atoms with Crippen LogP contribution in [0.3, 0.4) is 0 Å². The zero-order valence-corrected chi connectivity index (χ0v) is 9.29. The van der Waals surface area contributed by atoms with Crippen LogP contribution in [0, 0.1) is 23.2 Å². The fourth-order valence-electron chi connectivity index (χ4n) is 4.95. The second kappa shape index (κ2) is 2.97. The van der Waals surface area contributed by atoms with Gasteiger partial charge >= 0.3 is 5.97 Å². The van der Waals surface area contributed by atoms with Crippen LogP contribution in [-0.2, 0) is 4.79 Å². The van der Waals surface area contributed by atoms with Crippen molar-refractivity contribution in [3.05, 3.63) is 0 Å². The Morgan fingerprint density at radius 1 is 1.44 bits per heavy atom. The zero-order chi connectivity index (χ0) is 11.6. The summed E-state index contributed by atoms with van der Waals surface area (Å²) in [6.45, 7) is 0.326. The predicted octanol–water partition coefficient (Wildman–Crippen LogP) is 1.56. The van der Waals surface area contributed by atoms with E-state index < -0.39 is 17.1 Å². The van der Waals surface area contributed by atoms with Crippen molar-refractivity contribution in [1.29, 1.82) is 0 Å². The number of halogens is 1. The van der Waals surface area contributed by atoms with Crippen LogP contribution in [0.2, 0.25) is 0 Å². The smallest absolute Gasteiger partial charge is 0.303 e. The maximum atomic E-state index is 14.7. The van der Waals surface area contributed by atoms with Crippen molar-refractivity contribution in [2.45, 2.75) is 37.8 Å². The molecule has 90 valence electrons. The Balaban J connectivity index is 1.95.